The van der Waals surface area contributed by atoms with Crippen molar-refractivity contribution in [3.05, 3.63) is 42.4 Å². The minimum atomic E-state index is 0.577. The molecule has 4 rings (SSSR count). The molecule has 1 fully saturated rings. The number of nitrogens with zero attached hydrogens (tertiary/aromatic N) is 4. The van der Waals surface area contributed by atoms with E-state index in [-0.39, 0.29) is 0 Å². The van der Waals surface area contributed by atoms with Gasteiger partial charge in [0.15, 0.2) is 5.82 Å². The third-order valence-corrected chi connectivity index (χ3v) is 3.69. The maximum absolute atomic E-state index is 5.48. The second kappa shape index (κ2) is 4.84. The maximum atomic E-state index is 5.48. The molecular formula is C16H16N4O. The van der Waals surface area contributed by atoms with E-state index >= 15 is 0 Å². The minimum Gasteiger partial charge on any atom is -0.478 e. The zero-order valence-corrected chi connectivity index (χ0v) is 11.9. The number of ether oxygens (including phenoxy) is 1. The van der Waals surface area contributed by atoms with Crippen molar-refractivity contribution in [2.75, 3.05) is 6.61 Å². The molecule has 0 bridgehead atoms. The van der Waals surface area contributed by atoms with Gasteiger partial charge in [0.05, 0.1) is 17.8 Å². The van der Waals surface area contributed by atoms with Crippen LogP contribution in [0.3, 0.4) is 0 Å². The molecule has 1 aliphatic rings. The summed E-state index contributed by atoms with van der Waals surface area (Å²) in [6.45, 7) is 2.56. The van der Waals surface area contributed by atoms with Crippen molar-refractivity contribution in [3.63, 3.8) is 0 Å². The zero-order valence-electron chi connectivity index (χ0n) is 11.9. The highest BCUT2D eigenvalue weighted by atomic mass is 16.5. The van der Waals surface area contributed by atoms with Crippen molar-refractivity contribution in [1.82, 2.24) is 19.7 Å². The van der Waals surface area contributed by atoms with E-state index in [1.807, 2.05) is 42.1 Å². The van der Waals surface area contributed by atoms with Crippen LogP contribution in [0.25, 0.3) is 16.7 Å². The van der Waals surface area contributed by atoms with Crippen molar-refractivity contribution in [2.45, 2.75) is 25.7 Å². The van der Waals surface area contributed by atoms with Crippen LogP contribution in [-0.2, 0) is 0 Å². The molecule has 5 heteroatoms. The van der Waals surface area contributed by atoms with Gasteiger partial charge >= 0.3 is 0 Å². The van der Waals surface area contributed by atoms with E-state index in [4.69, 9.17) is 9.84 Å². The first-order chi connectivity index (χ1) is 10.4. The lowest BCUT2D eigenvalue weighted by Crippen LogP contribution is -2.02. The van der Waals surface area contributed by atoms with Crippen LogP contribution in [0.4, 0.5) is 0 Å². The van der Waals surface area contributed by atoms with Gasteiger partial charge in [0.25, 0.3) is 0 Å². The summed E-state index contributed by atoms with van der Waals surface area (Å²) < 4.78 is 7.38. The highest BCUT2D eigenvalue weighted by Gasteiger charge is 2.29. The Bertz CT molecular complexity index is 792. The van der Waals surface area contributed by atoms with Crippen molar-refractivity contribution in [1.29, 1.82) is 0 Å². The van der Waals surface area contributed by atoms with Crippen LogP contribution in [0, 0.1) is 0 Å². The fourth-order valence-electron chi connectivity index (χ4n) is 2.57. The molecule has 3 aromatic heterocycles. The summed E-state index contributed by atoms with van der Waals surface area (Å²) in [5.41, 5.74) is 2.19. The molecule has 106 valence electrons. The Morgan fingerprint density at radius 2 is 2.19 bits per heavy atom. The van der Waals surface area contributed by atoms with E-state index in [2.05, 4.69) is 9.97 Å². The molecule has 3 aromatic rings. The van der Waals surface area contributed by atoms with Gasteiger partial charge in [-0.05, 0) is 31.9 Å². The van der Waals surface area contributed by atoms with Gasteiger partial charge in [0.2, 0.25) is 5.88 Å². The first-order valence-corrected chi connectivity index (χ1v) is 7.29. The molecule has 0 aromatic carbocycles. The van der Waals surface area contributed by atoms with Crippen LogP contribution >= 0.6 is 0 Å². The van der Waals surface area contributed by atoms with E-state index in [1.54, 1.807) is 6.20 Å². The number of hydrogen-bond donors (Lipinski definition) is 0. The molecule has 0 aliphatic heterocycles. The first kappa shape index (κ1) is 12.3. The van der Waals surface area contributed by atoms with Crippen LogP contribution in [0.1, 0.15) is 31.4 Å². The van der Waals surface area contributed by atoms with Gasteiger partial charge in [0, 0.05) is 29.8 Å². The zero-order chi connectivity index (χ0) is 14.2. The monoisotopic (exact) mass is 280 g/mol. The van der Waals surface area contributed by atoms with Gasteiger partial charge in [-0.25, -0.2) is 4.68 Å². The van der Waals surface area contributed by atoms with Crippen LogP contribution < -0.4 is 4.74 Å². The van der Waals surface area contributed by atoms with E-state index < -0.39 is 0 Å². The summed E-state index contributed by atoms with van der Waals surface area (Å²) >= 11 is 0. The summed E-state index contributed by atoms with van der Waals surface area (Å²) in [4.78, 5) is 8.77. The number of hydrogen-bond acceptors (Lipinski definition) is 4. The molecule has 0 atom stereocenters. The Kier molecular flexibility index (Phi) is 2.84. The van der Waals surface area contributed by atoms with E-state index in [0.717, 1.165) is 22.4 Å². The summed E-state index contributed by atoms with van der Waals surface area (Å²) in [5, 5.41) is 5.91. The van der Waals surface area contributed by atoms with Gasteiger partial charge in [-0.15, -0.1) is 0 Å². The predicted molar refractivity (Wildman–Crippen MR) is 79.8 cm³/mol. The largest absolute Gasteiger partial charge is 0.478 e. The lowest BCUT2D eigenvalue weighted by Gasteiger charge is -2.05. The molecule has 0 spiro atoms. The van der Waals surface area contributed by atoms with Crippen molar-refractivity contribution in [2.24, 2.45) is 0 Å². The number of aromatic nitrogens is 4. The second-order valence-corrected chi connectivity index (χ2v) is 5.23. The Labute approximate surface area is 122 Å². The smallest absolute Gasteiger partial charge is 0.215 e. The third kappa shape index (κ3) is 2.14. The van der Waals surface area contributed by atoms with Gasteiger partial charge in [-0.1, -0.05) is 6.07 Å². The third-order valence-electron chi connectivity index (χ3n) is 3.69. The minimum absolute atomic E-state index is 0.577. The summed E-state index contributed by atoms with van der Waals surface area (Å²) in [7, 11) is 0. The van der Waals surface area contributed by atoms with Crippen molar-refractivity contribution in [3.8, 4) is 11.7 Å². The summed E-state index contributed by atoms with van der Waals surface area (Å²) in [6, 6.07) is 7.75. The molecule has 0 amide bonds. The summed E-state index contributed by atoms with van der Waals surface area (Å²) in [5.74, 6) is 1.98. The predicted octanol–water partition coefficient (Wildman–Crippen LogP) is 3.09. The van der Waals surface area contributed by atoms with E-state index in [9.17, 15) is 0 Å². The SMILES string of the molecule is CCOc1cccc(-n2nc(C3CC3)c3cnccc32)n1. The topological polar surface area (TPSA) is 52.8 Å². The van der Waals surface area contributed by atoms with Crippen LogP contribution in [0.15, 0.2) is 36.7 Å². The summed E-state index contributed by atoms with van der Waals surface area (Å²) in [6.07, 6.45) is 6.13. The molecule has 3 heterocycles. The maximum Gasteiger partial charge on any atom is 0.215 e. The molecule has 0 unspecified atom stereocenters. The van der Waals surface area contributed by atoms with Crippen LogP contribution in [0.2, 0.25) is 0 Å². The Morgan fingerprint density at radius 3 is 3.00 bits per heavy atom. The molecule has 1 aliphatic carbocycles. The lowest BCUT2D eigenvalue weighted by molar-refractivity contribution is 0.326. The van der Waals surface area contributed by atoms with Gasteiger partial charge < -0.3 is 4.74 Å². The average Bonchev–Trinajstić information content (AvgIpc) is 3.29. The highest BCUT2D eigenvalue weighted by molar-refractivity contribution is 5.83. The fraction of sp³-hybridized carbons (Fsp3) is 0.312. The van der Waals surface area contributed by atoms with Gasteiger partial charge in [-0.2, -0.15) is 10.1 Å². The Morgan fingerprint density at radius 1 is 1.29 bits per heavy atom. The van der Waals surface area contributed by atoms with Gasteiger partial charge in [-0.3, -0.25) is 4.98 Å². The molecule has 0 saturated heterocycles. The average molecular weight is 280 g/mol. The molecular weight excluding hydrogens is 264 g/mol. The normalized spacial score (nSPS) is 14.5. The number of fused-ring (bicyclic) bond motifs is 1. The molecule has 0 radical (unpaired) electrons. The molecule has 1 saturated carbocycles. The molecule has 21 heavy (non-hydrogen) atoms. The quantitative estimate of drug-likeness (QED) is 0.737. The lowest BCUT2D eigenvalue weighted by atomic mass is 10.2. The van der Waals surface area contributed by atoms with E-state index in [0.29, 0.717) is 18.4 Å². The number of pyridine rings is 2. The fourth-order valence-corrected chi connectivity index (χ4v) is 2.57. The van der Waals surface area contributed by atoms with Crippen LogP contribution in [-0.4, -0.2) is 26.4 Å². The van der Waals surface area contributed by atoms with Gasteiger partial charge in [0.1, 0.15) is 0 Å². The molecule has 5 nitrogen and oxygen atoms in total. The standard InChI is InChI=1S/C16H16N4O/c1-2-21-15-5-3-4-14(18-15)20-13-8-9-17-10-12(13)16(19-20)11-6-7-11/h3-5,8-11H,2,6-7H2,1H3. The first-order valence-electron chi connectivity index (χ1n) is 7.29. The van der Waals surface area contributed by atoms with Crippen molar-refractivity contribution >= 4 is 10.9 Å². The number of rotatable bonds is 4. The van der Waals surface area contributed by atoms with Crippen molar-refractivity contribution < 1.29 is 4.74 Å². The Hall–Kier alpha value is -2.43. The molecule has 0 N–H and O–H groups in total. The van der Waals surface area contributed by atoms with E-state index in [1.165, 1.54) is 12.8 Å². The van der Waals surface area contributed by atoms with Crippen LogP contribution in [0.5, 0.6) is 5.88 Å². The highest BCUT2D eigenvalue weighted by Crippen LogP contribution is 2.42. The Balaban J connectivity index is 1.88. The second-order valence-electron chi connectivity index (χ2n) is 5.23.